The molecule has 0 bridgehead atoms. The molecule has 2 fully saturated rings. The van der Waals surface area contributed by atoms with Crippen molar-refractivity contribution in [3.8, 4) is 0 Å². The second-order valence-electron chi connectivity index (χ2n) is 6.12. The molecular formula is C17H21N3O3. The van der Waals surface area contributed by atoms with Gasteiger partial charge in [-0.25, -0.2) is 0 Å². The number of hydrogen-bond donors (Lipinski definition) is 2. The highest BCUT2D eigenvalue weighted by atomic mass is 16.2. The number of anilines is 1. The highest BCUT2D eigenvalue weighted by Gasteiger charge is 2.34. The van der Waals surface area contributed by atoms with Gasteiger partial charge in [0.25, 0.3) is 0 Å². The van der Waals surface area contributed by atoms with Crippen molar-refractivity contribution in [1.82, 2.24) is 10.6 Å². The number of rotatable bonds is 6. The molecule has 6 heteroatoms. The van der Waals surface area contributed by atoms with E-state index < -0.39 is 0 Å². The SMILES string of the molecule is O=C(CCNC(=O)C1CC(=O)N(c2ccccc2)C1)NC1CC1. The van der Waals surface area contributed by atoms with E-state index in [1.54, 1.807) is 4.90 Å². The molecule has 2 aliphatic rings. The summed E-state index contributed by atoms with van der Waals surface area (Å²) in [5.74, 6) is -0.575. The average Bonchev–Trinajstić information content (AvgIpc) is 3.27. The van der Waals surface area contributed by atoms with Crippen molar-refractivity contribution in [2.24, 2.45) is 5.92 Å². The predicted molar refractivity (Wildman–Crippen MR) is 85.7 cm³/mol. The van der Waals surface area contributed by atoms with E-state index in [9.17, 15) is 14.4 Å². The quantitative estimate of drug-likeness (QED) is 0.816. The van der Waals surface area contributed by atoms with Crippen LogP contribution in [-0.2, 0) is 14.4 Å². The highest BCUT2D eigenvalue weighted by molar-refractivity contribution is 6.00. The summed E-state index contributed by atoms with van der Waals surface area (Å²) < 4.78 is 0. The summed E-state index contributed by atoms with van der Waals surface area (Å²) in [6.45, 7) is 0.705. The van der Waals surface area contributed by atoms with E-state index in [4.69, 9.17) is 0 Å². The second-order valence-corrected chi connectivity index (χ2v) is 6.12. The first kappa shape index (κ1) is 15.5. The molecule has 1 aliphatic carbocycles. The number of carbonyl (C=O) groups excluding carboxylic acids is 3. The zero-order valence-corrected chi connectivity index (χ0v) is 13.0. The third-order valence-corrected chi connectivity index (χ3v) is 4.16. The third kappa shape index (κ3) is 4.09. The Morgan fingerprint density at radius 3 is 2.61 bits per heavy atom. The first-order valence-electron chi connectivity index (χ1n) is 8.06. The molecule has 0 aromatic heterocycles. The van der Waals surface area contributed by atoms with Crippen molar-refractivity contribution in [3.05, 3.63) is 30.3 Å². The van der Waals surface area contributed by atoms with Crippen LogP contribution in [0.1, 0.15) is 25.7 Å². The maximum atomic E-state index is 12.2. The Kier molecular flexibility index (Phi) is 4.60. The normalized spacial score (nSPS) is 20.4. The average molecular weight is 315 g/mol. The lowest BCUT2D eigenvalue weighted by atomic mass is 10.1. The van der Waals surface area contributed by atoms with Crippen molar-refractivity contribution in [3.63, 3.8) is 0 Å². The molecule has 3 rings (SSSR count). The van der Waals surface area contributed by atoms with Gasteiger partial charge < -0.3 is 15.5 Å². The van der Waals surface area contributed by atoms with Crippen LogP contribution >= 0.6 is 0 Å². The summed E-state index contributed by atoms with van der Waals surface area (Å²) in [6.07, 6.45) is 2.61. The summed E-state index contributed by atoms with van der Waals surface area (Å²) in [6, 6.07) is 9.69. The van der Waals surface area contributed by atoms with Crippen molar-refractivity contribution in [2.45, 2.75) is 31.7 Å². The Hall–Kier alpha value is -2.37. The minimum Gasteiger partial charge on any atom is -0.355 e. The van der Waals surface area contributed by atoms with E-state index in [1.807, 2.05) is 30.3 Å². The second kappa shape index (κ2) is 6.81. The van der Waals surface area contributed by atoms with Crippen LogP contribution in [0.15, 0.2) is 30.3 Å². The maximum Gasteiger partial charge on any atom is 0.227 e. The van der Waals surface area contributed by atoms with Gasteiger partial charge in [0.15, 0.2) is 0 Å². The molecular weight excluding hydrogens is 294 g/mol. The van der Waals surface area contributed by atoms with Gasteiger partial charge in [0.1, 0.15) is 0 Å². The molecule has 1 heterocycles. The van der Waals surface area contributed by atoms with Gasteiger partial charge >= 0.3 is 0 Å². The van der Waals surface area contributed by atoms with Gasteiger partial charge in [-0.1, -0.05) is 18.2 Å². The van der Waals surface area contributed by atoms with Gasteiger partial charge in [-0.2, -0.15) is 0 Å². The fraction of sp³-hybridized carbons (Fsp3) is 0.471. The first-order chi connectivity index (χ1) is 11.1. The van der Waals surface area contributed by atoms with Crippen LogP contribution in [0.2, 0.25) is 0 Å². The van der Waals surface area contributed by atoms with E-state index in [0.29, 0.717) is 19.1 Å². The summed E-state index contributed by atoms with van der Waals surface area (Å²) in [7, 11) is 0. The van der Waals surface area contributed by atoms with E-state index in [1.165, 1.54) is 0 Å². The van der Waals surface area contributed by atoms with Gasteiger partial charge in [0, 0.05) is 37.7 Å². The van der Waals surface area contributed by atoms with Crippen molar-refractivity contribution in [1.29, 1.82) is 0 Å². The lowest BCUT2D eigenvalue weighted by molar-refractivity contribution is -0.126. The van der Waals surface area contributed by atoms with Crippen molar-refractivity contribution >= 4 is 23.4 Å². The van der Waals surface area contributed by atoms with Crippen LogP contribution in [0.5, 0.6) is 0 Å². The van der Waals surface area contributed by atoms with Crippen molar-refractivity contribution < 1.29 is 14.4 Å². The summed E-state index contributed by atoms with van der Waals surface area (Å²) in [4.78, 5) is 37.4. The minimum atomic E-state index is -0.353. The van der Waals surface area contributed by atoms with Crippen LogP contribution in [-0.4, -0.2) is 36.9 Å². The Bertz CT molecular complexity index is 598. The predicted octanol–water partition coefficient (Wildman–Crippen LogP) is 0.824. The monoisotopic (exact) mass is 315 g/mol. The molecule has 1 saturated carbocycles. The van der Waals surface area contributed by atoms with Gasteiger partial charge in [-0.3, -0.25) is 14.4 Å². The Balaban J connectivity index is 1.45. The zero-order valence-electron chi connectivity index (χ0n) is 13.0. The molecule has 2 N–H and O–H groups in total. The standard InChI is InChI=1S/C17H21N3O3/c21-15(19-13-6-7-13)8-9-18-17(23)12-10-16(22)20(11-12)14-4-2-1-3-5-14/h1-5,12-13H,6-11H2,(H,18,23)(H,19,21). The van der Waals surface area contributed by atoms with Crippen LogP contribution in [0.25, 0.3) is 0 Å². The number of para-hydroxylation sites is 1. The molecule has 6 nitrogen and oxygen atoms in total. The van der Waals surface area contributed by atoms with E-state index >= 15 is 0 Å². The smallest absolute Gasteiger partial charge is 0.227 e. The highest BCUT2D eigenvalue weighted by Crippen LogP contribution is 2.24. The number of nitrogens with one attached hydrogen (secondary N) is 2. The summed E-state index contributed by atoms with van der Waals surface area (Å²) >= 11 is 0. The van der Waals surface area contributed by atoms with Crippen LogP contribution in [0.4, 0.5) is 5.69 Å². The minimum absolute atomic E-state index is 0.0267. The molecule has 1 atom stereocenters. The molecule has 1 aromatic carbocycles. The number of benzene rings is 1. The molecule has 1 aliphatic heterocycles. The number of carbonyl (C=O) groups is 3. The van der Waals surface area contributed by atoms with Gasteiger partial charge in [-0.15, -0.1) is 0 Å². The molecule has 23 heavy (non-hydrogen) atoms. The number of nitrogens with zero attached hydrogens (tertiary/aromatic N) is 1. The molecule has 1 unspecified atom stereocenters. The first-order valence-corrected chi connectivity index (χ1v) is 8.06. The van der Waals surface area contributed by atoms with Gasteiger partial charge in [0.2, 0.25) is 17.7 Å². The lowest BCUT2D eigenvalue weighted by Crippen LogP contribution is -2.36. The molecule has 1 aromatic rings. The number of hydrogen-bond acceptors (Lipinski definition) is 3. The maximum absolute atomic E-state index is 12.2. The summed E-state index contributed by atoms with van der Waals surface area (Å²) in [5, 5.41) is 5.64. The van der Waals surface area contributed by atoms with Crippen LogP contribution in [0.3, 0.4) is 0 Å². The Morgan fingerprint density at radius 1 is 1.17 bits per heavy atom. The molecule has 122 valence electrons. The zero-order chi connectivity index (χ0) is 16.2. The molecule has 0 radical (unpaired) electrons. The van der Waals surface area contributed by atoms with Gasteiger partial charge in [0.05, 0.1) is 5.92 Å². The van der Waals surface area contributed by atoms with Crippen molar-refractivity contribution in [2.75, 3.05) is 18.0 Å². The fourth-order valence-electron chi connectivity index (χ4n) is 2.71. The van der Waals surface area contributed by atoms with E-state index in [-0.39, 0.29) is 36.5 Å². The Morgan fingerprint density at radius 2 is 1.91 bits per heavy atom. The van der Waals surface area contributed by atoms with E-state index in [2.05, 4.69) is 10.6 Å². The molecule has 1 saturated heterocycles. The van der Waals surface area contributed by atoms with Gasteiger partial charge in [-0.05, 0) is 25.0 Å². The lowest BCUT2D eigenvalue weighted by Gasteiger charge is -2.16. The topological polar surface area (TPSA) is 78.5 Å². The van der Waals surface area contributed by atoms with Crippen LogP contribution < -0.4 is 15.5 Å². The third-order valence-electron chi connectivity index (χ3n) is 4.16. The molecule has 0 spiro atoms. The summed E-state index contributed by atoms with van der Waals surface area (Å²) in [5.41, 5.74) is 0.816. The largest absolute Gasteiger partial charge is 0.355 e. The van der Waals surface area contributed by atoms with Crippen LogP contribution in [0, 0.1) is 5.92 Å². The molecule has 3 amide bonds. The fourth-order valence-corrected chi connectivity index (χ4v) is 2.71. The number of amides is 3. The Labute approximate surface area is 135 Å². The van der Waals surface area contributed by atoms with E-state index in [0.717, 1.165) is 18.5 Å².